The predicted octanol–water partition coefficient (Wildman–Crippen LogP) is 2.62. The number of aliphatic hydroxyl groups is 1. The van der Waals surface area contributed by atoms with Gasteiger partial charge in [0.2, 0.25) is 0 Å². The highest BCUT2D eigenvalue weighted by Gasteiger charge is 2.37. The molecule has 0 spiro atoms. The summed E-state index contributed by atoms with van der Waals surface area (Å²) in [4.78, 5) is 4.97. The highest BCUT2D eigenvalue weighted by atomic mass is 16.3. The molecule has 1 aromatic rings. The maximum atomic E-state index is 10.9. The van der Waals surface area contributed by atoms with Crippen LogP contribution in [0.3, 0.4) is 0 Å². The Morgan fingerprint density at radius 3 is 2.57 bits per heavy atom. The number of fused-ring (bicyclic) bond motifs is 1. The van der Waals surface area contributed by atoms with Crippen molar-refractivity contribution in [3.63, 3.8) is 0 Å². The third kappa shape index (κ3) is 2.87. The monoisotopic (exact) mass is 288 g/mol. The molecule has 0 saturated carbocycles. The molecule has 1 aromatic carbocycles. The first-order valence-corrected chi connectivity index (χ1v) is 8.29. The first kappa shape index (κ1) is 15.0. The number of hydrogen-bond donors (Lipinski definition) is 1. The van der Waals surface area contributed by atoms with E-state index in [1.165, 1.54) is 12.0 Å². The molecule has 0 amide bonds. The van der Waals surface area contributed by atoms with Crippen LogP contribution in [0.2, 0.25) is 0 Å². The van der Waals surface area contributed by atoms with Crippen LogP contribution in [0.5, 0.6) is 0 Å². The van der Waals surface area contributed by atoms with Crippen LogP contribution in [0.1, 0.15) is 49.8 Å². The molecule has 0 radical (unpaired) electrons. The predicted molar refractivity (Wildman–Crippen MR) is 86.5 cm³/mol. The fourth-order valence-corrected chi connectivity index (χ4v) is 4.25. The average molecular weight is 288 g/mol. The summed E-state index contributed by atoms with van der Waals surface area (Å²) >= 11 is 0. The number of nitrogens with zero attached hydrogens (tertiary/aromatic N) is 2. The number of benzene rings is 1. The molecule has 116 valence electrons. The molecule has 3 heteroatoms. The zero-order valence-corrected chi connectivity index (χ0v) is 13.5. The third-order valence-corrected chi connectivity index (χ3v) is 5.33. The summed E-state index contributed by atoms with van der Waals surface area (Å²) < 4.78 is 0. The van der Waals surface area contributed by atoms with Crippen LogP contribution >= 0.6 is 0 Å². The Morgan fingerprint density at radius 1 is 1.10 bits per heavy atom. The zero-order valence-electron chi connectivity index (χ0n) is 13.5. The van der Waals surface area contributed by atoms with Gasteiger partial charge >= 0.3 is 0 Å². The van der Waals surface area contributed by atoms with Gasteiger partial charge in [-0.2, -0.15) is 0 Å². The van der Waals surface area contributed by atoms with E-state index in [9.17, 15) is 5.11 Å². The topological polar surface area (TPSA) is 26.7 Å². The van der Waals surface area contributed by atoms with Gasteiger partial charge in [0.05, 0.1) is 6.10 Å². The van der Waals surface area contributed by atoms with Gasteiger partial charge in [0.1, 0.15) is 0 Å². The van der Waals surface area contributed by atoms with E-state index >= 15 is 0 Å². The second-order valence-corrected chi connectivity index (χ2v) is 6.98. The minimum atomic E-state index is -0.344. The SMILES string of the molecule is CC1CC(N2CCCN(C)CC2C)C(O)c2ccccc21. The standard InChI is InChI=1S/C18H28N2O/c1-13-11-17(18(21)16-8-5-4-7-15(13)16)20-10-6-9-19(3)12-14(20)2/h4-5,7-8,13-14,17-18,21H,6,9-12H2,1-3H3. The lowest BCUT2D eigenvalue weighted by Crippen LogP contribution is -2.49. The first-order chi connectivity index (χ1) is 10.1. The van der Waals surface area contributed by atoms with Crippen LogP contribution < -0.4 is 0 Å². The van der Waals surface area contributed by atoms with Gasteiger partial charge in [-0.05, 0) is 50.4 Å². The smallest absolute Gasteiger partial charge is 0.0948 e. The maximum absolute atomic E-state index is 10.9. The molecule has 1 heterocycles. The second-order valence-electron chi connectivity index (χ2n) is 6.98. The van der Waals surface area contributed by atoms with Crippen molar-refractivity contribution in [1.29, 1.82) is 0 Å². The van der Waals surface area contributed by atoms with Crippen molar-refractivity contribution in [2.45, 2.75) is 50.8 Å². The summed E-state index contributed by atoms with van der Waals surface area (Å²) in [6.45, 7) is 7.96. The molecule has 1 fully saturated rings. The normalized spacial score (nSPS) is 35.2. The van der Waals surface area contributed by atoms with Crippen molar-refractivity contribution in [3.05, 3.63) is 35.4 Å². The van der Waals surface area contributed by atoms with E-state index in [2.05, 4.69) is 55.0 Å². The Balaban J connectivity index is 1.86. The summed E-state index contributed by atoms with van der Waals surface area (Å²) in [5, 5.41) is 10.9. The summed E-state index contributed by atoms with van der Waals surface area (Å²) in [7, 11) is 2.20. The molecule has 1 N–H and O–H groups in total. The van der Waals surface area contributed by atoms with E-state index in [1.807, 2.05) is 0 Å². The lowest BCUT2D eigenvalue weighted by Gasteiger charge is -2.43. The van der Waals surface area contributed by atoms with Crippen molar-refractivity contribution in [3.8, 4) is 0 Å². The van der Waals surface area contributed by atoms with Gasteiger partial charge < -0.3 is 10.0 Å². The van der Waals surface area contributed by atoms with Gasteiger partial charge in [-0.25, -0.2) is 0 Å². The largest absolute Gasteiger partial charge is 0.387 e. The molecule has 1 aliphatic carbocycles. The van der Waals surface area contributed by atoms with Gasteiger partial charge in [-0.3, -0.25) is 4.90 Å². The van der Waals surface area contributed by atoms with E-state index in [4.69, 9.17) is 0 Å². The van der Waals surface area contributed by atoms with E-state index in [0.29, 0.717) is 12.0 Å². The van der Waals surface area contributed by atoms with E-state index < -0.39 is 0 Å². The van der Waals surface area contributed by atoms with Gasteiger partial charge in [0.15, 0.2) is 0 Å². The van der Waals surface area contributed by atoms with Crippen LogP contribution in [0.15, 0.2) is 24.3 Å². The van der Waals surface area contributed by atoms with E-state index in [0.717, 1.165) is 31.6 Å². The molecule has 3 rings (SSSR count). The molecule has 0 aromatic heterocycles. The van der Waals surface area contributed by atoms with Crippen molar-refractivity contribution in [2.24, 2.45) is 0 Å². The highest BCUT2D eigenvalue weighted by Crippen LogP contribution is 2.40. The zero-order chi connectivity index (χ0) is 15.0. The Bertz CT molecular complexity index is 490. The van der Waals surface area contributed by atoms with Crippen LogP contribution in [0.25, 0.3) is 0 Å². The summed E-state index contributed by atoms with van der Waals surface area (Å²) in [5.74, 6) is 0.530. The maximum Gasteiger partial charge on any atom is 0.0948 e. The molecule has 1 saturated heterocycles. The Kier molecular flexibility index (Phi) is 4.34. The van der Waals surface area contributed by atoms with Crippen molar-refractivity contribution >= 4 is 0 Å². The molecule has 1 aliphatic heterocycles. The Morgan fingerprint density at radius 2 is 1.81 bits per heavy atom. The lowest BCUT2D eigenvalue weighted by molar-refractivity contribution is 0.0127. The van der Waals surface area contributed by atoms with Gasteiger partial charge in [-0.15, -0.1) is 0 Å². The summed E-state index contributed by atoms with van der Waals surface area (Å²) in [6.07, 6.45) is 1.91. The Labute approximate surface area is 128 Å². The summed E-state index contributed by atoms with van der Waals surface area (Å²) in [6, 6.07) is 9.20. The molecule has 2 aliphatic rings. The fourth-order valence-electron chi connectivity index (χ4n) is 4.25. The minimum absolute atomic E-state index is 0.261. The molecule has 4 unspecified atom stereocenters. The fraction of sp³-hybridized carbons (Fsp3) is 0.667. The molecular formula is C18H28N2O. The van der Waals surface area contributed by atoms with E-state index in [-0.39, 0.29) is 12.1 Å². The number of rotatable bonds is 1. The van der Waals surface area contributed by atoms with E-state index in [1.54, 1.807) is 0 Å². The average Bonchev–Trinajstić information content (AvgIpc) is 2.63. The molecule has 4 atom stereocenters. The molecular weight excluding hydrogens is 260 g/mol. The van der Waals surface area contributed by atoms with Crippen LogP contribution in [-0.4, -0.2) is 53.7 Å². The van der Waals surface area contributed by atoms with Crippen LogP contribution in [-0.2, 0) is 0 Å². The second kappa shape index (κ2) is 6.07. The number of hydrogen-bond acceptors (Lipinski definition) is 3. The van der Waals surface area contributed by atoms with Crippen molar-refractivity contribution in [2.75, 3.05) is 26.7 Å². The number of likely N-dealkylation sites (N-methyl/N-ethyl adjacent to an activating group) is 1. The summed E-state index contributed by atoms with van der Waals surface area (Å²) in [5.41, 5.74) is 2.48. The first-order valence-electron chi connectivity index (χ1n) is 8.29. The molecule has 0 bridgehead atoms. The minimum Gasteiger partial charge on any atom is -0.387 e. The third-order valence-electron chi connectivity index (χ3n) is 5.33. The quantitative estimate of drug-likeness (QED) is 0.860. The molecule has 3 nitrogen and oxygen atoms in total. The van der Waals surface area contributed by atoms with Gasteiger partial charge in [0, 0.05) is 25.2 Å². The van der Waals surface area contributed by atoms with Crippen molar-refractivity contribution < 1.29 is 5.11 Å². The Hall–Kier alpha value is -0.900. The van der Waals surface area contributed by atoms with Crippen LogP contribution in [0, 0.1) is 0 Å². The van der Waals surface area contributed by atoms with Crippen molar-refractivity contribution in [1.82, 2.24) is 9.80 Å². The van der Waals surface area contributed by atoms with Gasteiger partial charge in [0.25, 0.3) is 0 Å². The van der Waals surface area contributed by atoms with Gasteiger partial charge in [-0.1, -0.05) is 31.2 Å². The van der Waals surface area contributed by atoms with Crippen LogP contribution in [0.4, 0.5) is 0 Å². The molecule has 21 heavy (non-hydrogen) atoms. The number of aliphatic hydroxyl groups excluding tert-OH is 1. The lowest BCUT2D eigenvalue weighted by atomic mass is 9.78. The highest BCUT2D eigenvalue weighted by molar-refractivity contribution is 5.35.